The number of nitrogens with one attached hydrogen (secondary N) is 1. The van der Waals surface area contributed by atoms with E-state index in [1.54, 1.807) is 20.8 Å². The number of hydrogen-bond donors (Lipinski definition) is 1. The number of hydrazine groups is 1. The third-order valence-electron chi connectivity index (χ3n) is 2.99. The summed E-state index contributed by atoms with van der Waals surface area (Å²) in [6.45, 7) is 7.27. The topological polar surface area (TPSA) is 71.5 Å². The molecule has 0 atom stereocenters. The van der Waals surface area contributed by atoms with Gasteiger partial charge in [-0.15, -0.1) is 0 Å². The second-order valence-corrected chi connectivity index (χ2v) is 6.51. The van der Waals surface area contributed by atoms with Gasteiger partial charge in [-0.05, 0) is 17.9 Å². The van der Waals surface area contributed by atoms with Crippen LogP contribution in [0.2, 0.25) is 5.02 Å². The van der Waals surface area contributed by atoms with Crippen LogP contribution in [0.3, 0.4) is 0 Å². The molecule has 6 nitrogen and oxygen atoms in total. The molecule has 1 aromatic heterocycles. The summed E-state index contributed by atoms with van der Waals surface area (Å²) in [6.07, 6.45) is -5.12. The number of aromatic nitrogens is 1. The van der Waals surface area contributed by atoms with Gasteiger partial charge in [0.25, 0.3) is 0 Å². The number of alkyl halides is 3. The highest BCUT2D eigenvalue weighted by atomic mass is 35.5. The van der Waals surface area contributed by atoms with Gasteiger partial charge >= 0.3 is 12.3 Å². The maximum atomic E-state index is 13.3. The summed E-state index contributed by atoms with van der Waals surface area (Å²) in [5, 5.41) is 0.188. The van der Waals surface area contributed by atoms with Gasteiger partial charge in [0.15, 0.2) is 5.82 Å². The largest absolute Gasteiger partial charge is 0.448 e. The van der Waals surface area contributed by atoms with Crippen molar-refractivity contribution in [3.8, 4) is 0 Å². The Hall–Kier alpha value is -2.03. The van der Waals surface area contributed by atoms with Gasteiger partial charge in [-0.1, -0.05) is 32.4 Å². The Kier molecular flexibility index (Phi) is 6.28. The zero-order chi connectivity index (χ0) is 19.6. The van der Waals surface area contributed by atoms with E-state index in [-0.39, 0.29) is 18.0 Å². The number of hydrogen-bond acceptors (Lipinski definition) is 4. The Morgan fingerprint density at radius 3 is 2.28 bits per heavy atom. The smallest absolute Gasteiger partial charge is 0.435 e. The van der Waals surface area contributed by atoms with E-state index in [0.29, 0.717) is 11.2 Å². The summed E-state index contributed by atoms with van der Waals surface area (Å²) in [5.41, 5.74) is -0.111. The fourth-order valence-electron chi connectivity index (χ4n) is 2.11. The SMILES string of the molecule is CCOC(=O)N(NC(C)=O)c1ncc(C(F)(F)F)c(C(C)(C)C)c1Cl. The van der Waals surface area contributed by atoms with Crippen molar-refractivity contribution >= 4 is 29.4 Å². The second kappa shape index (κ2) is 7.47. The Morgan fingerprint density at radius 2 is 1.88 bits per heavy atom. The standard InChI is InChI=1S/C15H19ClF3N3O3/c1-6-25-13(24)22(21-8(2)23)12-11(16)10(14(3,4)5)9(7-20-12)15(17,18)19/h7H,6H2,1-5H3,(H,21,23). The van der Waals surface area contributed by atoms with E-state index in [1.165, 1.54) is 6.92 Å². The van der Waals surface area contributed by atoms with Crippen molar-refractivity contribution in [2.45, 2.75) is 46.2 Å². The molecule has 0 saturated carbocycles. The van der Waals surface area contributed by atoms with E-state index in [2.05, 4.69) is 10.4 Å². The van der Waals surface area contributed by atoms with Gasteiger partial charge < -0.3 is 4.74 Å². The van der Waals surface area contributed by atoms with Crippen molar-refractivity contribution in [2.75, 3.05) is 11.6 Å². The van der Waals surface area contributed by atoms with Crippen molar-refractivity contribution in [3.63, 3.8) is 0 Å². The Morgan fingerprint density at radius 1 is 1.32 bits per heavy atom. The number of rotatable bonds is 2. The summed E-state index contributed by atoms with van der Waals surface area (Å²) in [7, 11) is 0. The number of nitrogens with zero attached hydrogens (tertiary/aromatic N) is 2. The molecule has 0 unspecified atom stereocenters. The molecule has 0 aliphatic rings. The number of carbonyl (C=O) groups excluding carboxylic acids is 2. The molecule has 0 bridgehead atoms. The van der Waals surface area contributed by atoms with E-state index in [9.17, 15) is 22.8 Å². The van der Waals surface area contributed by atoms with Crippen LogP contribution >= 0.6 is 11.6 Å². The molecule has 0 fully saturated rings. The summed E-state index contributed by atoms with van der Waals surface area (Å²) in [5.74, 6) is -1.00. The van der Waals surface area contributed by atoms with E-state index >= 15 is 0 Å². The van der Waals surface area contributed by atoms with Crippen LogP contribution in [-0.2, 0) is 21.1 Å². The minimum atomic E-state index is -4.68. The molecular formula is C15H19ClF3N3O3. The number of pyridine rings is 1. The monoisotopic (exact) mass is 381 g/mol. The molecule has 0 aliphatic heterocycles. The lowest BCUT2D eigenvalue weighted by atomic mass is 9.84. The van der Waals surface area contributed by atoms with Crippen molar-refractivity contribution in [3.05, 3.63) is 22.3 Å². The third-order valence-corrected chi connectivity index (χ3v) is 3.35. The first-order chi connectivity index (χ1) is 11.3. The van der Waals surface area contributed by atoms with E-state index in [0.717, 1.165) is 6.92 Å². The molecule has 1 heterocycles. The number of carbonyl (C=O) groups is 2. The number of ether oxygens (including phenoxy) is 1. The van der Waals surface area contributed by atoms with E-state index in [4.69, 9.17) is 16.3 Å². The molecule has 25 heavy (non-hydrogen) atoms. The fraction of sp³-hybridized carbons (Fsp3) is 0.533. The van der Waals surface area contributed by atoms with Gasteiger partial charge in [0, 0.05) is 13.1 Å². The summed E-state index contributed by atoms with van der Waals surface area (Å²) in [6, 6.07) is 0. The molecule has 10 heteroatoms. The van der Waals surface area contributed by atoms with Crippen LogP contribution in [-0.4, -0.2) is 23.6 Å². The zero-order valence-corrected chi connectivity index (χ0v) is 15.2. The Labute approximate surface area is 148 Å². The molecule has 1 aromatic rings. The normalized spacial score (nSPS) is 11.9. The minimum Gasteiger partial charge on any atom is -0.448 e. The molecule has 1 N–H and O–H groups in total. The maximum Gasteiger partial charge on any atom is 0.435 e. The molecular weight excluding hydrogens is 363 g/mol. The lowest BCUT2D eigenvalue weighted by Gasteiger charge is -2.28. The predicted octanol–water partition coefficient (Wildman–Crippen LogP) is 4.07. The quantitative estimate of drug-likeness (QED) is 0.784. The van der Waals surface area contributed by atoms with Gasteiger partial charge in [-0.3, -0.25) is 10.2 Å². The van der Waals surface area contributed by atoms with Gasteiger partial charge in [0.05, 0.1) is 17.2 Å². The van der Waals surface area contributed by atoms with Crippen LogP contribution in [0.5, 0.6) is 0 Å². The van der Waals surface area contributed by atoms with Crippen LogP contribution in [0.25, 0.3) is 0 Å². The molecule has 0 saturated heterocycles. The maximum absolute atomic E-state index is 13.3. The molecule has 0 aliphatic carbocycles. The number of amides is 2. The number of halogens is 4. The Balaban J connectivity index is 3.64. The van der Waals surface area contributed by atoms with E-state index < -0.39 is 34.2 Å². The van der Waals surface area contributed by atoms with Gasteiger partial charge in [-0.25, -0.2) is 9.78 Å². The zero-order valence-electron chi connectivity index (χ0n) is 14.4. The van der Waals surface area contributed by atoms with Crippen molar-refractivity contribution in [1.29, 1.82) is 0 Å². The lowest BCUT2D eigenvalue weighted by Crippen LogP contribution is -2.46. The van der Waals surface area contributed by atoms with Crippen molar-refractivity contribution in [2.24, 2.45) is 0 Å². The van der Waals surface area contributed by atoms with Crippen LogP contribution in [0.15, 0.2) is 6.20 Å². The van der Waals surface area contributed by atoms with Gasteiger partial charge in [-0.2, -0.15) is 18.2 Å². The highest BCUT2D eigenvalue weighted by Crippen LogP contribution is 2.43. The summed E-state index contributed by atoms with van der Waals surface area (Å²) < 4.78 is 44.7. The van der Waals surface area contributed by atoms with Gasteiger partial charge in [0.2, 0.25) is 5.91 Å². The van der Waals surface area contributed by atoms with Gasteiger partial charge in [0.1, 0.15) is 0 Å². The molecule has 0 radical (unpaired) electrons. The molecule has 140 valence electrons. The predicted molar refractivity (Wildman–Crippen MR) is 86.3 cm³/mol. The molecule has 2 amide bonds. The van der Waals surface area contributed by atoms with Crippen LogP contribution < -0.4 is 10.4 Å². The first kappa shape index (κ1) is 21.0. The minimum absolute atomic E-state index is 0.0146. The van der Waals surface area contributed by atoms with Crippen molar-refractivity contribution < 1.29 is 27.5 Å². The second-order valence-electron chi connectivity index (χ2n) is 6.13. The van der Waals surface area contributed by atoms with E-state index in [1.807, 2.05) is 0 Å². The van der Waals surface area contributed by atoms with Crippen LogP contribution in [0.1, 0.15) is 45.7 Å². The highest BCUT2D eigenvalue weighted by molar-refractivity contribution is 6.34. The number of anilines is 1. The lowest BCUT2D eigenvalue weighted by molar-refractivity contribution is -0.139. The fourth-order valence-corrected chi connectivity index (χ4v) is 2.63. The Bertz CT molecular complexity index is 672. The molecule has 1 rings (SSSR count). The first-order valence-electron chi connectivity index (χ1n) is 7.31. The average molecular weight is 382 g/mol. The van der Waals surface area contributed by atoms with Crippen LogP contribution in [0.4, 0.5) is 23.8 Å². The third kappa shape index (κ3) is 4.97. The molecule has 0 spiro atoms. The average Bonchev–Trinajstić information content (AvgIpc) is 2.42. The highest BCUT2D eigenvalue weighted by Gasteiger charge is 2.40. The summed E-state index contributed by atoms with van der Waals surface area (Å²) >= 11 is 6.16. The first-order valence-corrected chi connectivity index (χ1v) is 7.68. The van der Waals surface area contributed by atoms with Crippen LogP contribution in [0, 0.1) is 0 Å². The van der Waals surface area contributed by atoms with Crippen molar-refractivity contribution in [1.82, 2.24) is 10.4 Å². The summed E-state index contributed by atoms with van der Waals surface area (Å²) in [4.78, 5) is 27.0. The molecule has 0 aromatic carbocycles.